The van der Waals surface area contributed by atoms with Crippen molar-refractivity contribution in [1.29, 1.82) is 5.26 Å². The molecule has 0 fully saturated rings. The summed E-state index contributed by atoms with van der Waals surface area (Å²) in [6, 6.07) is 8.56. The number of nitrogens with one attached hydrogen (secondary N) is 2. The molecule has 106 valence electrons. The van der Waals surface area contributed by atoms with E-state index in [0.29, 0.717) is 12.1 Å². The van der Waals surface area contributed by atoms with Crippen LogP contribution in [-0.4, -0.2) is 36.9 Å². The first-order valence-electron chi connectivity index (χ1n) is 5.92. The number of ether oxygens (including phenoxy) is 1. The minimum absolute atomic E-state index is 0.129. The molecule has 0 aliphatic rings. The number of nitrogens with zero attached hydrogens (tertiary/aromatic N) is 1. The molecule has 20 heavy (non-hydrogen) atoms. The van der Waals surface area contributed by atoms with Crippen LogP contribution in [0.15, 0.2) is 24.3 Å². The molecule has 1 rings (SSSR count). The summed E-state index contributed by atoms with van der Waals surface area (Å²) in [6.45, 7) is 0.266. The number of amides is 2. The number of rotatable bonds is 7. The summed E-state index contributed by atoms with van der Waals surface area (Å²) in [7, 11) is 0. The van der Waals surface area contributed by atoms with Crippen LogP contribution >= 0.6 is 0 Å². The molecule has 1 aromatic rings. The first kappa shape index (κ1) is 15.5. The van der Waals surface area contributed by atoms with Crippen molar-refractivity contribution in [1.82, 2.24) is 10.6 Å². The van der Waals surface area contributed by atoms with Crippen molar-refractivity contribution in [2.45, 2.75) is 6.54 Å². The fourth-order valence-electron chi connectivity index (χ4n) is 1.39. The highest BCUT2D eigenvalue weighted by atomic mass is 16.5. The average molecular weight is 277 g/mol. The molecule has 0 atom stereocenters. The van der Waals surface area contributed by atoms with Crippen LogP contribution in [0.5, 0.6) is 0 Å². The third-order valence-electron chi connectivity index (χ3n) is 2.27. The van der Waals surface area contributed by atoms with Crippen LogP contribution in [0.1, 0.15) is 11.1 Å². The van der Waals surface area contributed by atoms with Gasteiger partial charge in [-0.15, -0.1) is 0 Å². The van der Waals surface area contributed by atoms with E-state index in [1.807, 2.05) is 6.07 Å². The van der Waals surface area contributed by atoms with E-state index in [9.17, 15) is 9.59 Å². The quantitative estimate of drug-likeness (QED) is 0.627. The van der Waals surface area contributed by atoms with Crippen LogP contribution < -0.4 is 10.6 Å². The van der Waals surface area contributed by atoms with E-state index in [-0.39, 0.29) is 25.8 Å². The van der Waals surface area contributed by atoms with Gasteiger partial charge in [0.2, 0.25) is 0 Å². The van der Waals surface area contributed by atoms with Crippen LogP contribution in [-0.2, 0) is 16.1 Å². The topological polar surface area (TPSA) is 111 Å². The number of carboxylic acid groups (broad SMARTS) is 1. The third-order valence-corrected chi connectivity index (χ3v) is 2.27. The minimum atomic E-state index is -1.05. The Hall–Kier alpha value is -2.59. The summed E-state index contributed by atoms with van der Waals surface area (Å²) >= 11 is 0. The highest BCUT2D eigenvalue weighted by Crippen LogP contribution is 2.03. The summed E-state index contributed by atoms with van der Waals surface area (Å²) in [4.78, 5) is 21.6. The van der Waals surface area contributed by atoms with Crippen molar-refractivity contribution in [2.75, 3.05) is 19.8 Å². The van der Waals surface area contributed by atoms with Gasteiger partial charge in [-0.2, -0.15) is 5.26 Å². The Bertz CT molecular complexity index is 511. The van der Waals surface area contributed by atoms with Crippen LogP contribution in [0.2, 0.25) is 0 Å². The minimum Gasteiger partial charge on any atom is -0.480 e. The third kappa shape index (κ3) is 6.37. The van der Waals surface area contributed by atoms with Crippen molar-refractivity contribution < 1.29 is 19.4 Å². The van der Waals surface area contributed by atoms with Gasteiger partial charge in [-0.25, -0.2) is 9.59 Å². The molecule has 2 amide bonds. The lowest BCUT2D eigenvalue weighted by molar-refractivity contribution is -0.142. The molecule has 0 aromatic heterocycles. The fourth-order valence-corrected chi connectivity index (χ4v) is 1.39. The lowest BCUT2D eigenvalue weighted by Crippen LogP contribution is -2.37. The molecular weight excluding hydrogens is 262 g/mol. The number of urea groups is 1. The first-order chi connectivity index (χ1) is 9.61. The Morgan fingerprint density at radius 2 is 2.15 bits per heavy atom. The maximum Gasteiger partial charge on any atom is 0.329 e. The van der Waals surface area contributed by atoms with Crippen molar-refractivity contribution in [3.05, 3.63) is 35.4 Å². The Morgan fingerprint density at radius 3 is 2.85 bits per heavy atom. The van der Waals surface area contributed by atoms with Crippen molar-refractivity contribution in [3.63, 3.8) is 0 Å². The van der Waals surface area contributed by atoms with Gasteiger partial charge in [0, 0.05) is 13.1 Å². The molecule has 0 heterocycles. The van der Waals surface area contributed by atoms with E-state index in [0.717, 1.165) is 5.56 Å². The predicted octanol–water partition coefficient (Wildman–Crippen LogP) is 0.459. The zero-order valence-electron chi connectivity index (χ0n) is 10.8. The molecule has 7 nitrogen and oxygen atoms in total. The van der Waals surface area contributed by atoms with Crippen molar-refractivity contribution in [3.8, 4) is 6.07 Å². The molecule has 0 saturated heterocycles. The van der Waals surface area contributed by atoms with Crippen LogP contribution in [0.3, 0.4) is 0 Å². The van der Waals surface area contributed by atoms with Crippen LogP contribution in [0.25, 0.3) is 0 Å². The highest BCUT2D eigenvalue weighted by Gasteiger charge is 2.01. The molecule has 0 saturated carbocycles. The summed E-state index contributed by atoms with van der Waals surface area (Å²) in [5.74, 6) is -1.05. The molecule has 0 spiro atoms. The predicted molar refractivity (Wildman–Crippen MR) is 69.9 cm³/mol. The van der Waals surface area contributed by atoms with Gasteiger partial charge in [0.25, 0.3) is 0 Å². The van der Waals surface area contributed by atoms with Gasteiger partial charge in [-0.3, -0.25) is 0 Å². The van der Waals surface area contributed by atoms with E-state index in [1.54, 1.807) is 24.3 Å². The van der Waals surface area contributed by atoms with E-state index in [2.05, 4.69) is 10.6 Å². The average Bonchev–Trinajstić information content (AvgIpc) is 2.44. The van der Waals surface area contributed by atoms with Crippen LogP contribution in [0, 0.1) is 11.3 Å². The molecule has 0 radical (unpaired) electrons. The number of benzene rings is 1. The number of hydrogen-bond donors (Lipinski definition) is 3. The second-order valence-corrected chi connectivity index (χ2v) is 3.87. The first-order valence-corrected chi connectivity index (χ1v) is 5.92. The Labute approximate surface area is 116 Å². The van der Waals surface area contributed by atoms with E-state index in [4.69, 9.17) is 15.1 Å². The molecule has 0 aliphatic heterocycles. The zero-order chi connectivity index (χ0) is 14.8. The van der Waals surface area contributed by atoms with E-state index in [1.165, 1.54) is 0 Å². The molecule has 3 N–H and O–H groups in total. The molecular formula is C13H15N3O4. The van der Waals surface area contributed by atoms with E-state index >= 15 is 0 Å². The van der Waals surface area contributed by atoms with Crippen molar-refractivity contribution >= 4 is 12.0 Å². The lowest BCUT2D eigenvalue weighted by Gasteiger charge is -2.07. The zero-order valence-corrected chi connectivity index (χ0v) is 10.8. The van der Waals surface area contributed by atoms with E-state index < -0.39 is 5.97 Å². The van der Waals surface area contributed by atoms with Gasteiger partial charge < -0.3 is 20.5 Å². The summed E-state index contributed by atoms with van der Waals surface area (Å²) in [5, 5.41) is 22.2. The molecule has 0 bridgehead atoms. The Morgan fingerprint density at radius 1 is 1.35 bits per heavy atom. The number of carboxylic acids is 1. The lowest BCUT2D eigenvalue weighted by atomic mass is 10.1. The van der Waals surface area contributed by atoms with Gasteiger partial charge in [0.15, 0.2) is 0 Å². The second-order valence-electron chi connectivity index (χ2n) is 3.87. The number of carbonyl (C=O) groups excluding carboxylic acids is 1. The largest absolute Gasteiger partial charge is 0.480 e. The Kier molecular flexibility index (Phi) is 6.57. The summed E-state index contributed by atoms with van der Waals surface area (Å²) in [5.41, 5.74) is 1.35. The normalized spacial score (nSPS) is 9.55. The number of hydrogen-bond acceptors (Lipinski definition) is 4. The maximum atomic E-state index is 11.4. The van der Waals surface area contributed by atoms with Crippen molar-refractivity contribution in [2.24, 2.45) is 0 Å². The van der Waals surface area contributed by atoms with Crippen LogP contribution in [0.4, 0.5) is 4.79 Å². The molecule has 7 heteroatoms. The smallest absolute Gasteiger partial charge is 0.329 e. The van der Waals surface area contributed by atoms with Gasteiger partial charge >= 0.3 is 12.0 Å². The summed E-state index contributed by atoms with van der Waals surface area (Å²) < 4.78 is 4.76. The van der Waals surface area contributed by atoms with Gasteiger partial charge in [0.1, 0.15) is 6.61 Å². The SMILES string of the molecule is N#Cc1cccc(CNC(=O)NCCOCC(=O)O)c1. The molecule has 1 aromatic carbocycles. The highest BCUT2D eigenvalue weighted by molar-refractivity contribution is 5.73. The monoisotopic (exact) mass is 277 g/mol. The fraction of sp³-hybridized carbons (Fsp3) is 0.308. The van der Waals surface area contributed by atoms with Gasteiger partial charge in [-0.1, -0.05) is 12.1 Å². The van der Waals surface area contributed by atoms with Gasteiger partial charge in [0.05, 0.1) is 18.2 Å². The molecule has 0 unspecified atom stereocenters. The van der Waals surface area contributed by atoms with Gasteiger partial charge in [-0.05, 0) is 17.7 Å². The number of nitriles is 1. The number of carbonyl (C=O) groups is 2. The summed E-state index contributed by atoms with van der Waals surface area (Å²) in [6.07, 6.45) is 0. The maximum absolute atomic E-state index is 11.4. The second kappa shape index (κ2) is 8.50. The standard InChI is InChI=1S/C13H15N3O4/c14-7-10-2-1-3-11(6-10)8-16-13(19)15-4-5-20-9-12(17)18/h1-3,6H,4-5,8-9H2,(H,17,18)(H2,15,16,19). The Balaban J connectivity index is 2.19. The molecule has 0 aliphatic carbocycles. The number of aliphatic carboxylic acids is 1.